The fourth-order valence-corrected chi connectivity index (χ4v) is 1.76. The summed E-state index contributed by atoms with van der Waals surface area (Å²) in [6, 6.07) is 0.442. The molecule has 94 valence electrons. The highest BCUT2D eigenvalue weighted by Crippen LogP contribution is 2.13. The summed E-state index contributed by atoms with van der Waals surface area (Å²) in [6.07, 6.45) is 6.57. The SMILES string of the molecule is CCCOc1cncc(OCC2CCCN2)n1. The summed E-state index contributed by atoms with van der Waals surface area (Å²) in [7, 11) is 0. The van der Waals surface area contributed by atoms with Gasteiger partial charge >= 0.3 is 0 Å². The average Bonchev–Trinajstić information content (AvgIpc) is 2.87. The molecule has 5 heteroatoms. The van der Waals surface area contributed by atoms with Crippen LogP contribution >= 0.6 is 0 Å². The quantitative estimate of drug-likeness (QED) is 0.810. The second-order valence-corrected chi connectivity index (χ2v) is 4.15. The summed E-state index contributed by atoms with van der Waals surface area (Å²) in [6.45, 7) is 4.44. The smallest absolute Gasteiger partial charge is 0.235 e. The summed E-state index contributed by atoms with van der Waals surface area (Å²) in [5.74, 6) is 1.07. The first-order valence-corrected chi connectivity index (χ1v) is 6.19. The molecular weight excluding hydrogens is 218 g/mol. The van der Waals surface area contributed by atoms with Gasteiger partial charge in [-0.25, -0.2) is 0 Å². The van der Waals surface area contributed by atoms with Crippen molar-refractivity contribution in [1.82, 2.24) is 15.3 Å². The van der Waals surface area contributed by atoms with E-state index < -0.39 is 0 Å². The van der Waals surface area contributed by atoms with Crippen molar-refractivity contribution < 1.29 is 9.47 Å². The van der Waals surface area contributed by atoms with Gasteiger partial charge in [-0.2, -0.15) is 4.98 Å². The number of aromatic nitrogens is 2. The van der Waals surface area contributed by atoms with Gasteiger partial charge in [0.05, 0.1) is 19.0 Å². The van der Waals surface area contributed by atoms with Gasteiger partial charge in [0.1, 0.15) is 6.61 Å². The Labute approximate surface area is 102 Å². The lowest BCUT2D eigenvalue weighted by atomic mass is 10.2. The van der Waals surface area contributed by atoms with Gasteiger partial charge in [-0.1, -0.05) is 6.92 Å². The number of hydrogen-bond donors (Lipinski definition) is 1. The molecule has 1 unspecified atom stereocenters. The molecule has 0 spiro atoms. The van der Waals surface area contributed by atoms with Crippen molar-refractivity contribution in [2.75, 3.05) is 19.8 Å². The van der Waals surface area contributed by atoms with Crippen LogP contribution in [0.4, 0.5) is 0 Å². The predicted molar refractivity (Wildman–Crippen MR) is 64.3 cm³/mol. The summed E-state index contributed by atoms with van der Waals surface area (Å²) in [5, 5.41) is 3.37. The second-order valence-electron chi connectivity index (χ2n) is 4.15. The molecule has 1 N–H and O–H groups in total. The molecule has 0 aliphatic carbocycles. The van der Waals surface area contributed by atoms with Crippen LogP contribution in [0.5, 0.6) is 11.8 Å². The molecular formula is C12H19N3O2. The molecule has 1 aliphatic rings. The lowest BCUT2D eigenvalue weighted by molar-refractivity contribution is 0.254. The molecule has 1 fully saturated rings. The maximum atomic E-state index is 5.59. The number of hydrogen-bond acceptors (Lipinski definition) is 5. The molecule has 2 rings (SSSR count). The van der Waals surface area contributed by atoms with Crippen LogP contribution in [0.2, 0.25) is 0 Å². The van der Waals surface area contributed by atoms with Gasteiger partial charge in [-0.3, -0.25) is 4.98 Å². The maximum absolute atomic E-state index is 5.59. The summed E-state index contributed by atoms with van der Waals surface area (Å²) < 4.78 is 11.0. The van der Waals surface area contributed by atoms with E-state index in [1.54, 1.807) is 12.4 Å². The van der Waals surface area contributed by atoms with Gasteiger partial charge in [0, 0.05) is 6.04 Å². The van der Waals surface area contributed by atoms with Crippen molar-refractivity contribution in [2.45, 2.75) is 32.2 Å². The van der Waals surface area contributed by atoms with Crippen molar-refractivity contribution in [2.24, 2.45) is 0 Å². The Hall–Kier alpha value is -1.36. The average molecular weight is 237 g/mol. The van der Waals surface area contributed by atoms with Crippen LogP contribution in [0.15, 0.2) is 12.4 Å². The second kappa shape index (κ2) is 6.39. The standard InChI is InChI=1S/C12H19N3O2/c1-2-6-16-11-7-13-8-12(15-11)17-9-10-4-3-5-14-10/h7-8,10,14H,2-6,9H2,1H3. The first kappa shape index (κ1) is 12.1. The summed E-state index contributed by atoms with van der Waals surface area (Å²) >= 11 is 0. The van der Waals surface area contributed by atoms with E-state index >= 15 is 0 Å². The number of nitrogens with one attached hydrogen (secondary N) is 1. The molecule has 5 nitrogen and oxygen atoms in total. The molecule has 0 saturated carbocycles. The molecule has 0 radical (unpaired) electrons. The molecule has 1 aliphatic heterocycles. The molecule has 0 bridgehead atoms. The third-order valence-electron chi connectivity index (χ3n) is 2.64. The van der Waals surface area contributed by atoms with Crippen molar-refractivity contribution in [3.8, 4) is 11.8 Å². The van der Waals surface area contributed by atoms with E-state index in [0.717, 1.165) is 13.0 Å². The van der Waals surface area contributed by atoms with E-state index in [2.05, 4.69) is 22.2 Å². The highest BCUT2D eigenvalue weighted by Gasteiger charge is 2.14. The van der Waals surface area contributed by atoms with E-state index in [1.165, 1.54) is 12.8 Å². The van der Waals surface area contributed by atoms with E-state index in [1.807, 2.05) is 0 Å². The minimum atomic E-state index is 0.442. The minimum Gasteiger partial charge on any atom is -0.477 e. The lowest BCUT2D eigenvalue weighted by Crippen LogP contribution is -2.28. The first-order valence-electron chi connectivity index (χ1n) is 6.19. The fraction of sp³-hybridized carbons (Fsp3) is 0.667. The Morgan fingerprint density at radius 3 is 2.88 bits per heavy atom. The van der Waals surface area contributed by atoms with Gasteiger partial charge in [0.25, 0.3) is 0 Å². The fourth-order valence-electron chi connectivity index (χ4n) is 1.76. The summed E-state index contributed by atoms with van der Waals surface area (Å²) in [5.41, 5.74) is 0. The maximum Gasteiger partial charge on any atom is 0.235 e. The molecule has 1 atom stereocenters. The zero-order valence-corrected chi connectivity index (χ0v) is 10.2. The predicted octanol–water partition coefficient (Wildman–Crippen LogP) is 1.40. The monoisotopic (exact) mass is 237 g/mol. The summed E-state index contributed by atoms with van der Waals surface area (Å²) in [4.78, 5) is 8.29. The normalized spacial score (nSPS) is 19.2. The Bertz CT molecular complexity index is 340. The molecule has 2 heterocycles. The van der Waals surface area contributed by atoms with Crippen LogP contribution in [0.1, 0.15) is 26.2 Å². The zero-order valence-electron chi connectivity index (χ0n) is 10.2. The molecule has 1 aromatic heterocycles. The minimum absolute atomic E-state index is 0.442. The van der Waals surface area contributed by atoms with E-state index in [-0.39, 0.29) is 0 Å². The Balaban J connectivity index is 1.82. The third-order valence-corrected chi connectivity index (χ3v) is 2.64. The largest absolute Gasteiger partial charge is 0.477 e. The number of nitrogens with zero attached hydrogens (tertiary/aromatic N) is 2. The van der Waals surface area contributed by atoms with Gasteiger partial charge in [0.2, 0.25) is 11.8 Å². The molecule has 0 aromatic carbocycles. The lowest BCUT2D eigenvalue weighted by Gasteiger charge is -2.11. The van der Waals surface area contributed by atoms with Crippen molar-refractivity contribution in [1.29, 1.82) is 0 Å². The highest BCUT2D eigenvalue weighted by atomic mass is 16.5. The van der Waals surface area contributed by atoms with E-state index in [0.29, 0.717) is 31.0 Å². The van der Waals surface area contributed by atoms with E-state index in [9.17, 15) is 0 Å². The Morgan fingerprint density at radius 1 is 1.35 bits per heavy atom. The Morgan fingerprint density at radius 2 is 2.18 bits per heavy atom. The topological polar surface area (TPSA) is 56.3 Å². The number of ether oxygens (including phenoxy) is 2. The van der Waals surface area contributed by atoms with Crippen LogP contribution in [0.3, 0.4) is 0 Å². The van der Waals surface area contributed by atoms with Crippen LogP contribution in [0.25, 0.3) is 0 Å². The van der Waals surface area contributed by atoms with Gasteiger partial charge in [-0.15, -0.1) is 0 Å². The van der Waals surface area contributed by atoms with Gasteiger partial charge in [0.15, 0.2) is 0 Å². The number of rotatable bonds is 6. The molecule has 1 aromatic rings. The van der Waals surface area contributed by atoms with Crippen LogP contribution in [0, 0.1) is 0 Å². The van der Waals surface area contributed by atoms with Crippen LogP contribution in [-0.2, 0) is 0 Å². The zero-order chi connectivity index (χ0) is 11.9. The first-order chi connectivity index (χ1) is 8.38. The van der Waals surface area contributed by atoms with Gasteiger partial charge in [-0.05, 0) is 25.8 Å². The molecule has 1 saturated heterocycles. The third kappa shape index (κ3) is 3.85. The van der Waals surface area contributed by atoms with Crippen molar-refractivity contribution in [3.05, 3.63) is 12.4 Å². The van der Waals surface area contributed by atoms with Gasteiger partial charge < -0.3 is 14.8 Å². The van der Waals surface area contributed by atoms with Crippen molar-refractivity contribution in [3.63, 3.8) is 0 Å². The van der Waals surface area contributed by atoms with E-state index in [4.69, 9.17) is 9.47 Å². The highest BCUT2D eigenvalue weighted by molar-refractivity contribution is 5.12. The van der Waals surface area contributed by atoms with Crippen LogP contribution in [-0.4, -0.2) is 35.8 Å². The molecule has 0 amide bonds. The Kier molecular flexibility index (Phi) is 4.55. The van der Waals surface area contributed by atoms with Crippen molar-refractivity contribution >= 4 is 0 Å². The molecule has 17 heavy (non-hydrogen) atoms. The van der Waals surface area contributed by atoms with Crippen LogP contribution < -0.4 is 14.8 Å².